The minimum absolute atomic E-state index is 0.0481. The summed E-state index contributed by atoms with van der Waals surface area (Å²) in [7, 11) is 0. The third-order valence-electron chi connectivity index (χ3n) is 3.45. The van der Waals surface area contributed by atoms with Gasteiger partial charge < -0.3 is 10.6 Å². The number of hydrogen-bond acceptors (Lipinski definition) is 5. The summed E-state index contributed by atoms with van der Waals surface area (Å²) in [6.07, 6.45) is 4.36. The number of carbonyl (C=O) groups is 1. The molecule has 0 bridgehead atoms. The van der Waals surface area contributed by atoms with Crippen molar-refractivity contribution in [1.29, 1.82) is 0 Å². The second-order valence-corrected chi connectivity index (χ2v) is 6.28. The zero-order chi connectivity index (χ0) is 14.9. The van der Waals surface area contributed by atoms with Crippen LogP contribution in [0.15, 0.2) is 18.5 Å². The summed E-state index contributed by atoms with van der Waals surface area (Å²) in [4.78, 5) is 18.7. The Kier molecular flexibility index (Phi) is 6.82. The van der Waals surface area contributed by atoms with E-state index >= 15 is 0 Å². The van der Waals surface area contributed by atoms with Crippen molar-refractivity contribution in [3.05, 3.63) is 24.0 Å². The number of hydrogen-bond donors (Lipinski definition) is 2. The molecule has 21 heavy (non-hydrogen) atoms. The molecule has 2 N–H and O–H groups in total. The van der Waals surface area contributed by atoms with Gasteiger partial charge in [-0.15, -0.1) is 0 Å². The number of amides is 1. The minimum atomic E-state index is -0.0481. The number of aromatic nitrogens is 1. The normalized spacial score (nSPS) is 15.7. The summed E-state index contributed by atoms with van der Waals surface area (Å²) < 4.78 is 0. The number of thioether (sulfide) groups is 1. The molecule has 1 amide bonds. The molecular formula is C15H24N4OS. The maximum absolute atomic E-state index is 12.3. The molecular weight excluding hydrogens is 284 g/mol. The molecule has 1 fully saturated rings. The lowest BCUT2D eigenvalue weighted by atomic mass is 10.2. The lowest BCUT2D eigenvalue weighted by molar-refractivity contribution is 0.0949. The van der Waals surface area contributed by atoms with Gasteiger partial charge in [0.1, 0.15) is 0 Å². The molecule has 1 aromatic heterocycles. The Morgan fingerprint density at radius 2 is 2.19 bits per heavy atom. The van der Waals surface area contributed by atoms with Crippen molar-refractivity contribution in [3.63, 3.8) is 0 Å². The average Bonchev–Trinajstić information content (AvgIpc) is 2.54. The maximum Gasteiger partial charge on any atom is 0.254 e. The molecule has 1 saturated heterocycles. The van der Waals surface area contributed by atoms with Gasteiger partial charge in [0.15, 0.2) is 0 Å². The molecule has 1 aliphatic rings. The van der Waals surface area contributed by atoms with Crippen LogP contribution in [-0.2, 0) is 0 Å². The fraction of sp³-hybridized carbons (Fsp3) is 0.600. The molecule has 0 saturated carbocycles. The third kappa shape index (κ3) is 5.21. The number of carbonyl (C=O) groups excluding carboxylic acids is 1. The SMILES string of the molecule is CCCNc1ccncc1C(=O)NCCN1CCSCC1. The van der Waals surface area contributed by atoms with Crippen molar-refractivity contribution in [2.24, 2.45) is 0 Å². The number of pyridine rings is 1. The molecule has 0 atom stereocenters. The van der Waals surface area contributed by atoms with Crippen LogP contribution in [0.1, 0.15) is 23.7 Å². The van der Waals surface area contributed by atoms with E-state index in [1.54, 1.807) is 12.4 Å². The van der Waals surface area contributed by atoms with Gasteiger partial charge in [-0.3, -0.25) is 14.7 Å². The first kappa shape index (κ1) is 16.1. The molecule has 0 aliphatic carbocycles. The van der Waals surface area contributed by atoms with Crippen molar-refractivity contribution < 1.29 is 4.79 Å². The molecule has 1 aliphatic heterocycles. The van der Waals surface area contributed by atoms with Crippen LogP contribution in [0.2, 0.25) is 0 Å². The van der Waals surface area contributed by atoms with E-state index in [2.05, 4.69) is 27.4 Å². The Bertz CT molecular complexity index is 449. The Balaban J connectivity index is 1.82. The number of rotatable bonds is 7. The first-order chi connectivity index (χ1) is 10.3. The smallest absolute Gasteiger partial charge is 0.254 e. The van der Waals surface area contributed by atoms with E-state index in [9.17, 15) is 4.79 Å². The van der Waals surface area contributed by atoms with Crippen LogP contribution in [0.5, 0.6) is 0 Å². The summed E-state index contributed by atoms with van der Waals surface area (Å²) in [5.41, 5.74) is 1.49. The molecule has 116 valence electrons. The highest BCUT2D eigenvalue weighted by Crippen LogP contribution is 2.13. The first-order valence-electron chi connectivity index (χ1n) is 7.57. The third-order valence-corrected chi connectivity index (χ3v) is 4.39. The van der Waals surface area contributed by atoms with E-state index in [4.69, 9.17) is 0 Å². The Morgan fingerprint density at radius 1 is 1.38 bits per heavy atom. The predicted octanol–water partition coefficient (Wildman–Crippen LogP) is 1.68. The monoisotopic (exact) mass is 308 g/mol. The van der Waals surface area contributed by atoms with Crippen LogP contribution in [0, 0.1) is 0 Å². The highest BCUT2D eigenvalue weighted by Gasteiger charge is 2.13. The Morgan fingerprint density at radius 3 is 2.95 bits per heavy atom. The average molecular weight is 308 g/mol. The van der Waals surface area contributed by atoms with Crippen LogP contribution in [-0.4, -0.2) is 60.0 Å². The van der Waals surface area contributed by atoms with E-state index in [1.165, 1.54) is 11.5 Å². The van der Waals surface area contributed by atoms with E-state index in [0.29, 0.717) is 12.1 Å². The fourth-order valence-electron chi connectivity index (χ4n) is 2.24. The lowest BCUT2D eigenvalue weighted by Gasteiger charge is -2.26. The highest BCUT2D eigenvalue weighted by molar-refractivity contribution is 7.99. The first-order valence-corrected chi connectivity index (χ1v) is 8.73. The van der Waals surface area contributed by atoms with Crippen molar-refractivity contribution in [1.82, 2.24) is 15.2 Å². The van der Waals surface area contributed by atoms with Gasteiger partial charge in [-0.2, -0.15) is 11.8 Å². The van der Waals surface area contributed by atoms with E-state index in [-0.39, 0.29) is 5.91 Å². The van der Waals surface area contributed by atoms with Crippen LogP contribution in [0.25, 0.3) is 0 Å². The quantitative estimate of drug-likeness (QED) is 0.803. The molecule has 0 spiro atoms. The van der Waals surface area contributed by atoms with Gasteiger partial charge in [-0.1, -0.05) is 6.92 Å². The predicted molar refractivity (Wildman–Crippen MR) is 89.1 cm³/mol. The van der Waals surface area contributed by atoms with Crippen molar-refractivity contribution in [2.75, 3.05) is 49.5 Å². The van der Waals surface area contributed by atoms with Crippen molar-refractivity contribution in [3.8, 4) is 0 Å². The van der Waals surface area contributed by atoms with E-state index in [0.717, 1.165) is 38.3 Å². The fourth-order valence-corrected chi connectivity index (χ4v) is 3.22. The van der Waals surface area contributed by atoms with E-state index < -0.39 is 0 Å². The number of nitrogens with one attached hydrogen (secondary N) is 2. The minimum Gasteiger partial charge on any atom is -0.384 e. The topological polar surface area (TPSA) is 57.3 Å². The van der Waals surface area contributed by atoms with Crippen LogP contribution in [0.4, 0.5) is 5.69 Å². The van der Waals surface area contributed by atoms with Gasteiger partial charge in [-0.25, -0.2) is 0 Å². The Hall–Kier alpha value is -1.27. The standard InChI is InChI=1S/C15H24N4OS/c1-2-4-17-14-3-5-16-12-13(14)15(20)18-6-7-19-8-10-21-11-9-19/h3,5,12H,2,4,6-11H2,1H3,(H,16,17)(H,18,20). The van der Waals surface area contributed by atoms with Crippen molar-refractivity contribution >= 4 is 23.4 Å². The Labute approximate surface area is 130 Å². The zero-order valence-electron chi connectivity index (χ0n) is 12.6. The van der Waals surface area contributed by atoms with Gasteiger partial charge in [0.2, 0.25) is 0 Å². The molecule has 0 unspecified atom stereocenters. The molecule has 6 heteroatoms. The van der Waals surface area contributed by atoms with Gasteiger partial charge in [0.25, 0.3) is 5.91 Å². The van der Waals surface area contributed by atoms with Crippen LogP contribution < -0.4 is 10.6 Å². The largest absolute Gasteiger partial charge is 0.384 e. The molecule has 0 radical (unpaired) electrons. The molecule has 0 aromatic carbocycles. The summed E-state index contributed by atoms with van der Waals surface area (Å²) in [5, 5.41) is 6.27. The zero-order valence-corrected chi connectivity index (χ0v) is 13.4. The second-order valence-electron chi connectivity index (χ2n) is 5.06. The van der Waals surface area contributed by atoms with Crippen LogP contribution in [0.3, 0.4) is 0 Å². The number of anilines is 1. The van der Waals surface area contributed by atoms with Gasteiger partial charge in [-0.05, 0) is 12.5 Å². The lowest BCUT2D eigenvalue weighted by Crippen LogP contribution is -2.39. The van der Waals surface area contributed by atoms with E-state index in [1.807, 2.05) is 17.8 Å². The molecule has 5 nitrogen and oxygen atoms in total. The van der Waals surface area contributed by atoms with Gasteiger partial charge in [0, 0.05) is 56.6 Å². The molecule has 2 rings (SSSR count). The summed E-state index contributed by atoms with van der Waals surface area (Å²) >= 11 is 2.00. The summed E-state index contributed by atoms with van der Waals surface area (Å²) in [6, 6.07) is 1.85. The maximum atomic E-state index is 12.3. The van der Waals surface area contributed by atoms with Gasteiger partial charge in [0.05, 0.1) is 11.3 Å². The number of nitrogens with zero attached hydrogens (tertiary/aromatic N) is 2. The summed E-state index contributed by atoms with van der Waals surface area (Å²) in [5.74, 6) is 2.34. The second kappa shape index (κ2) is 8.89. The molecule has 2 heterocycles. The van der Waals surface area contributed by atoms with Crippen molar-refractivity contribution in [2.45, 2.75) is 13.3 Å². The van der Waals surface area contributed by atoms with Crippen LogP contribution >= 0.6 is 11.8 Å². The highest BCUT2D eigenvalue weighted by atomic mass is 32.2. The summed E-state index contributed by atoms with van der Waals surface area (Å²) in [6.45, 7) is 6.81. The van der Waals surface area contributed by atoms with Gasteiger partial charge >= 0.3 is 0 Å². The molecule has 1 aromatic rings.